The smallest absolute Gasteiger partial charge is 0.138 e. The molecule has 54 valence electrons. The SMILES string of the molecule is c1nnnn1CC[C@@H]1CO1. The van der Waals surface area contributed by atoms with Gasteiger partial charge in [0.2, 0.25) is 0 Å². The van der Waals surface area contributed by atoms with Crippen LogP contribution in [0, 0.1) is 0 Å². The van der Waals surface area contributed by atoms with Crippen molar-refractivity contribution in [2.75, 3.05) is 6.61 Å². The molecule has 0 bridgehead atoms. The van der Waals surface area contributed by atoms with Crippen molar-refractivity contribution >= 4 is 0 Å². The fraction of sp³-hybridized carbons (Fsp3) is 0.800. The highest BCUT2D eigenvalue weighted by Crippen LogP contribution is 2.13. The van der Waals surface area contributed by atoms with E-state index in [1.165, 1.54) is 0 Å². The van der Waals surface area contributed by atoms with Crippen molar-refractivity contribution < 1.29 is 4.74 Å². The Kier molecular flexibility index (Phi) is 1.35. The van der Waals surface area contributed by atoms with Crippen LogP contribution >= 0.6 is 0 Å². The highest BCUT2D eigenvalue weighted by Gasteiger charge is 2.21. The Bertz CT molecular complexity index is 193. The maximum atomic E-state index is 5.02. The Morgan fingerprint density at radius 1 is 1.70 bits per heavy atom. The van der Waals surface area contributed by atoms with Gasteiger partial charge in [-0.2, -0.15) is 0 Å². The summed E-state index contributed by atoms with van der Waals surface area (Å²) in [4.78, 5) is 0. The van der Waals surface area contributed by atoms with E-state index in [-0.39, 0.29) is 0 Å². The van der Waals surface area contributed by atoms with Crippen LogP contribution < -0.4 is 0 Å². The molecule has 1 aliphatic heterocycles. The Morgan fingerprint density at radius 3 is 3.20 bits per heavy atom. The number of aryl methyl sites for hydroxylation is 1. The molecule has 2 heterocycles. The molecule has 0 aliphatic carbocycles. The number of rotatable bonds is 3. The minimum Gasteiger partial charge on any atom is -0.373 e. The molecule has 10 heavy (non-hydrogen) atoms. The Balaban J connectivity index is 1.79. The van der Waals surface area contributed by atoms with Crippen molar-refractivity contribution in [2.24, 2.45) is 0 Å². The Labute approximate surface area is 58.0 Å². The van der Waals surface area contributed by atoms with Gasteiger partial charge in [-0.25, -0.2) is 4.68 Å². The minimum atomic E-state index is 0.462. The number of aromatic nitrogens is 4. The highest BCUT2D eigenvalue weighted by molar-refractivity contribution is 4.68. The third kappa shape index (κ3) is 1.30. The molecule has 0 unspecified atom stereocenters. The molecule has 1 saturated heterocycles. The fourth-order valence-electron chi connectivity index (χ4n) is 0.794. The summed E-state index contributed by atoms with van der Waals surface area (Å²) >= 11 is 0. The maximum absolute atomic E-state index is 5.02. The lowest BCUT2D eigenvalue weighted by molar-refractivity contribution is 0.378. The third-order valence-electron chi connectivity index (χ3n) is 1.47. The quantitative estimate of drug-likeness (QED) is 0.529. The largest absolute Gasteiger partial charge is 0.373 e. The van der Waals surface area contributed by atoms with E-state index in [1.807, 2.05) is 0 Å². The predicted molar refractivity (Wildman–Crippen MR) is 32.2 cm³/mol. The van der Waals surface area contributed by atoms with Gasteiger partial charge < -0.3 is 4.74 Å². The molecule has 0 N–H and O–H groups in total. The lowest BCUT2D eigenvalue weighted by Crippen LogP contribution is -2.01. The zero-order valence-corrected chi connectivity index (χ0v) is 5.47. The van der Waals surface area contributed by atoms with Crippen molar-refractivity contribution in [1.82, 2.24) is 20.2 Å². The second kappa shape index (κ2) is 2.34. The van der Waals surface area contributed by atoms with E-state index in [1.54, 1.807) is 11.0 Å². The van der Waals surface area contributed by atoms with E-state index in [0.29, 0.717) is 6.10 Å². The first-order valence-electron chi connectivity index (χ1n) is 3.27. The zero-order chi connectivity index (χ0) is 6.81. The van der Waals surface area contributed by atoms with Gasteiger partial charge in [0.15, 0.2) is 0 Å². The van der Waals surface area contributed by atoms with Gasteiger partial charge in [-0.15, -0.1) is 5.10 Å². The molecule has 1 atom stereocenters. The van der Waals surface area contributed by atoms with E-state index < -0.39 is 0 Å². The summed E-state index contributed by atoms with van der Waals surface area (Å²) in [5.41, 5.74) is 0. The van der Waals surface area contributed by atoms with Gasteiger partial charge in [0.05, 0.1) is 12.7 Å². The highest BCUT2D eigenvalue weighted by atomic mass is 16.6. The summed E-state index contributed by atoms with van der Waals surface area (Å²) in [7, 11) is 0. The average Bonchev–Trinajstić information content (AvgIpc) is 2.63. The topological polar surface area (TPSA) is 56.1 Å². The maximum Gasteiger partial charge on any atom is 0.138 e. The van der Waals surface area contributed by atoms with Gasteiger partial charge in [0.25, 0.3) is 0 Å². The van der Waals surface area contributed by atoms with Gasteiger partial charge in [-0.1, -0.05) is 0 Å². The van der Waals surface area contributed by atoms with E-state index in [2.05, 4.69) is 15.5 Å². The van der Waals surface area contributed by atoms with Gasteiger partial charge in [-0.3, -0.25) is 0 Å². The monoisotopic (exact) mass is 140 g/mol. The van der Waals surface area contributed by atoms with Crippen LogP contribution in [0.15, 0.2) is 6.33 Å². The van der Waals surface area contributed by atoms with Crippen LogP contribution in [-0.2, 0) is 11.3 Å². The second-order valence-electron chi connectivity index (χ2n) is 2.32. The first-order chi connectivity index (χ1) is 4.95. The first kappa shape index (κ1) is 5.79. The molecule has 1 fully saturated rings. The summed E-state index contributed by atoms with van der Waals surface area (Å²) in [5, 5.41) is 10.7. The predicted octanol–water partition coefficient (Wildman–Crippen LogP) is -0.538. The molecular formula is C5H8N4O. The molecule has 1 aliphatic rings. The van der Waals surface area contributed by atoms with Crippen molar-refractivity contribution in [2.45, 2.75) is 19.1 Å². The number of nitrogens with zero attached hydrogens (tertiary/aromatic N) is 4. The first-order valence-corrected chi connectivity index (χ1v) is 3.27. The molecule has 0 radical (unpaired) electrons. The van der Waals surface area contributed by atoms with Crippen molar-refractivity contribution in [3.63, 3.8) is 0 Å². The minimum absolute atomic E-state index is 0.462. The van der Waals surface area contributed by atoms with Crippen molar-refractivity contribution in [3.05, 3.63) is 6.33 Å². The van der Waals surface area contributed by atoms with Crippen LogP contribution in [0.1, 0.15) is 6.42 Å². The molecular weight excluding hydrogens is 132 g/mol. The summed E-state index contributed by atoms with van der Waals surface area (Å²) in [6.45, 7) is 1.76. The molecule has 5 nitrogen and oxygen atoms in total. The number of ether oxygens (including phenoxy) is 1. The normalized spacial score (nSPS) is 23.0. The lowest BCUT2D eigenvalue weighted by Gasteiger charge is -1.92. The number of hydrogen-bond donors (Lipinski definition) is 0. The third-order valence-corrected chi connectivity index (χ3v) is 1.47. The molecule has 1 aromatic heterocycles. The van der Waals surface area contributed by atoms with Gasteiger partial charge >= 0.3 is 0 Å². The number of hydrogen-bond acceptors (Lipinski definition) is 4. The van der Waals surface area contributed by atoms with Crippen LogP contribution in [0.4, 0.5) is 0 Å². The van der Waals surface area contributed by atoms with Crippen LogP contribution in [0.3, 0.4) is 0 Å². The second-order valence-corrected chi connectivity index (χ2v) is 2.32. The average molecular weight is 140 g/mol. The molecule has 2 rings (SSSR count). The molecule has 0 spiro atoms. The Morgan fingerprint density at radius 2 is 2.60 bits per heavy atom. The van der Waals surface area contributed by atoms with Crippen molar-refractivity contribution in [1.29, 1.82) is 0 Å². The van der Waals surface area contributed by atoms with Crippen molar-refractivity contribution in [3.8, 4) is 0 Å². The van der Waals surface area contributed by atoms with Crippen LogP contribution in [0.2, 0.25) is 0 Å². The lowest BCUT2D eigenvalue weighted by atomic mass is 10.3. The van der Waals surface area contributed by atoms with E-state index in [0.717, 1.165) is 19.6 Å². The van der Waals surface area contributed by atoms with Gasteiger partial charge in [-0.05, 0) is 16.8 Å². The summed E-state index contributed by atoms with van der Waals surface area (Å²) in [6.07, 6.45) is 3.09. The summed E-state index contributed by atoms with van der Waals surface area (Å²) < 4.78 is 6.73. The van der Waals surface area contributed by atoms with Crippen LogP contribution in [-0.4, -0.2) is 32.9 Å². The number of epoxide rings is 1. The van der Waals surface area contributed by atoms with Gasteiger partial charge in [0.1, 0.15) is 6.33 Å². The summed E-state index contributed by atoms with van der Waals surface area (Å²) in [6, 6.07) is 0. The fourth-order valence-corrected chi connectivity index (χ4v) is 0.794. The molecule has 0 saturated carbocycles. The molecule has 1 aromatic rings. The standard InChI is InChI=1S/C5H8N4O/c1(5-3-10-5)2-9-4-6-7-8-9/h4-5H,1-3H2/t5-/m1/s1. The van der Waals surface area contributed by atoms with E-state index >= 15 is 0 Å². The van der Waals surface area contributed by atoms with Crippen LogP contribution in [0.25, 0.3) is 0 Å². The van der Waals surface area contributed by atoms with E-state index in [4.69, 9.17) is 4.74 Å². The van der Waals surface area contributed by atoms with Gasteiger partial charge in [0, 0.05) is 6.54 Å². The number of tetrazole rings is 1. The molecule has 0 amide bonds. The molecule has 0 aromatic carbocycles. The Hall–Kier alpha value is -0.970. The molecule has 5 heteroatoms. The zero-order valence-electron chi connectivity index (χ0n) is 5.47. The van der Waals surface area contributed by atoms with Crippen LogP contribution in [0.5, 0.6) is 0 Å². The van der Waals surface area contributed by atoms with E-state index in [9.17, 15) is 0 Å². The summed E-state index contributed by atoms with van der Waals surface area (Å²) in [5.74, 6) is 0.